The number of likely N-dealkylation sites (tertiary alicyclic amines) is 1. The lowest BCUT2D eigenvalue weighted by Crippen LogP contribution is -2.56. The molecule has 0 atom stereocenters. The molecule has 0 radical (unpaired) electrons. The molecule has 0 unspecified atom stereocenters. The van der Waals surface area contributed by atoms with Crippen molar-refractivity contribution in [2.45, 2.75) is 24.8 Å². The summed E-state index contributed by atoms with van der Waals surface area (Å²) in [5.41, 5.74) is 0.289. The highest BCUT2D eigenvalue weighted by Gasteiger charge is 2.44. The fraction of sp³-hybridized carbons (Fsp3) is 0.500. The molecule has 0 aromatic carbocycles. The molecule has 1 aliphatic heterocycles. The number of nitrogens with one attached hydrogen (secondary N) is 1. The zero-order valence-corrected chi connectivity index (χ0v) is 15.7. The lowest BCUT2D eigenvalue weighted by Gasteiger charge is -2.40. The second kappa shape index (κ2) is 8.46. The molecule has 8 heteroatoms. The molecule has 3 rings (SSSR count). The first-order valence-electron chi connectivity index (χ1n) is 8.72. The number of methoxy groups -OCH3 is 1. The van der Waals surface area contributed by atoms with Crippen molar-refractivity contribution in [3.63, 3.8) is 0 Å². The fourth-order valence-electron chi connectivity index (χ4n) is 3.32. The third kappa shape index (κ3) is 3.96. The van der Waals surface area contributed by atoms with Crippen molar-refractivity contribution in [1.82, 2.24) is 20.0 Å². The maximum Gasteiger partial charge on any atom is 0.248 e. The van der Waals surface area contributed by atoms with Crippen molar-refractivity contribution in [3.05, 3.63) is 40.8 Å². The van der Waals surface area contributed by atoms with E-state index in [1.165, 1.54) is 0 Å². The van der Waals surface area contributed by atoms with Crippen molar-refractivity contribution < 1.29 is 14.3 Å². The summed E-state index contributed by atoms with van der Waals surface area (Å²) < 4.78 is 6.74. The molecule has 0 saturated carbocycles. The van der Waals surface area contributed by atoms with Crippen LogP contribution in [0.3, 0.4) is 0 Å². The highest BCUT2D eigenvalue weighted by molar-refractivity contribution is 7.08. The first-order chi connectivity index (χ1) is 12.7. The summed E-state index contributed by atoms with van der Waals surface area (Å²) in [4.78, 5) is 27.3. The summed E-state index contributed by atoms with van der Waals surface area (Å²) in [6.45, 7) is 2.01. The van der Waals surface area contributed by atoms with Crippen LogP contribution in [-0.4, -0.2) is 59.8 Å². The van der Waals surface area contributed by atoms with Crippen molar-refractivity contribution in [2.24, 2.45) is 0 Å². The van der Waals surface area contributed by atoms with Crippen LogP contribution in [0.2, 0.25) is 0 Å². The number of hydrogen-bond donors (Lipinski definition) is 1. The lowest BCUT2D eigenvalue weighted by atomic mass is 9.86. The summed E-state index contributed by atoms with van der Waals surface area (Å²) in [6.07, 6.45) is 5.00. The number of carbonyl (C=O) groups excluding carboxylic acids is 2. The van der Waals surface area contributed by atoms with Gasteiger partial charge in [-0.3, -0.25) is 14.3 Å². The average Bonchev–Trinajstić information content (AvgIpc) is 3.36. The Labute approximate surface area is 156 Å². The Balaban J connectivity index is 1.67. The van der Waals surface area contributed by atoms with Gasteiger partial charge in [0, 0.05) is 39.1 Å². The summed E-state index contributed by atoms with van der Waals surface area (Å²) in [7, 11) is 1.60. The van der Waals surface area contributed by atoms with E-state index in [0.29, 0.717) is 45.5 Å². The SMILES string of the molecule is COCCNC(=O)C1(n2cccn2)CCN(C(=O)Cc2ccsc2)CC1. The van der Waals surface area contributed by atoms with E-state index in [4.69, 9.17) is 4.74 Å². The first kappa shape index (κ1) is 18.6. The van der Waals surface area contributed by atoms with Crippen LogP contribution >= 0.6 is 11.3 Å². The molecule has 140 valence electrons. The van der Waals surface area contributed by atoms with Gasteiger partial charge in [0.05, 0.1) is 13.0 Å². The Hall–Kier alpha value is -2.19. The molecule has 3 heterocycles. The van der Waals surface area contributed by atoms with E-state index in [-0.39, 0.29) is 11.8 Å². The monoisotopic (exact) mass is 376 g/mol. The van der Waals surface area contributed by atoms with Crippen LogP contribution in [-0.2, 0) is 26.3 Å². The van der Waals surface area contributed by atoms with E-state index in [0.717, 1.165) is 5.56 Å². The molecule has 1 aliphatic rings. The molecule has 1 fully saturated rings. The molecule has 0 bridgehead atoms. The molecular formula is C18H24N4O3S. The minimum absolute atomic E-state index is 0.0665. The van der Waals surface area contributed by atoms with Gasteiger partial charge < -0.3 is 15.0 Å². The second-order valence-corrected chi connectivity index (χ2v) is 7.20. The fourth-order valence-corrected chi connectivity index (χ4v) is 3.99. The highest BCUT2D eigenvalue weighted by atomic mass is 32.1. The summed E-state index contributed by atoms with van der Waals surface area (Å²) >= 11 is 1.59. The minimum atomic E-state index is -0.754. The van der Waals surface area contributed by atoms with Gasteiger partial charge in [0.25, 0.3) is 0 Å². The van der Waals surface area contributed by atoms with Crippen LogP contribution in [0.25, 0.3) is 0 Å². The predicted molar refractivity (Wildman–Crippen MR) is 98.9 cm³/mol. The van der Waals surface area contributed by atoms with Gasteiger partial charge >= 0.3 is 0 Å². The van der Waals surface area contributed by atoms with E-state index in [2.05, 4.69) is 10.4 Å². The Morgan fingerprint density at radius 3 is 2.81 bits per heavy atom. The maximum atomic E-state index is 12.9. The number of nitrogens with zero attached hydrogens (tertiary/aromatic N) is 3. The molecule has 2 aromatic heterocycles. The number of thiophene rings is 1. The van der Waals surface area contributed by atoms with E-state index < -0.39 is 5.54 Å². The average molecular weight is 376 g/mol. The van der Waals surface area contributed by atoms with Crippen molar-refractivity contribution in [2.75, 3.05) is 33.4 Å². The van der Waals surface area contributed by atoms with E-state index in [1.807, 2.05) is 34.0 Å². The molecular weight excluding hydrogens is 352 g/mol. The molecule has 0 spiro atoms. The summed E-state index contributed by atoms with van der Waals surface area (Å²) in [5, 5.41) is 11.2. The number of rotatable bonds is 7. The van der Waals surface area contributed by atoms with Crippen LogP contribution in [0.1, 0.15) is 18.4 Å². The van der Waals surface area contributed by atoms with E-state index in [9.17, 15) is 9.59 Å². The van der Waals surface area contributed by atoms with E-state index in [1.54, 1.807) is 29.3 Å². The molecule has 2 amide bonds. The zero-order chi connectivity index (χ0) is 18.4. The van der Waals surface area contributed by atoms with Crippen LogP contribution in [0.15, 0.2) is 35.3 Å². The van der Waals surface area contributed by atoms with Crippen molar-refractivity contribution in [1.29, 1.82) is 0 Å². The Morgan fingerprint density at radius 2 is 2.19 bits per heavy atom. The Kier molecular flexibility index (Phi) is 6.05. The highest BCUT2D eigenvalue weighted by Crippen LogP contribution is 2.30. The van der Waals surface area contributed by atoms with Gasteiger partial charge in [-0.05, 0) is 41.3 Å². The first-order valence-corrected chi connectivity index (χ1v) is 9.66. The molecule has 1 saturated heterocycles. The molecule has 7 nitrogen and oxygen atoms in total. The topological polar surface area (TPSA) is 76.5 Å². The van der Waals surface area contributed by atoms with Crippen molar-refractivity contribution >= 4 is 23.2 Å². The quantitative estimate of drug-likeness (QED) is 0.739. The zero-order valence-electron chi connectivity index (χ0n) is 14.9. The van der Waals surface area contributed by atoms with Crippen LogP contribution in [0.4, 0.5) is 0 Å². The van der Waals surface area contributed by atoms with Gasteiger partial charge in [-0.1, -0.05) is 0 Å². The molecule has 2 aromatic rings. The largest absolute Gasteiger partial charge is 0.383 e. The summed E-state index contributed by atoms with van der Waals surface area (Å²) in [6, 6.07) is 3.79. The van der Waals surface area contributed by atoms with Gasteiger partial charge in [-0.15, -0.1) is 0 Å². The number of hydrogen-bond acceptors (Lipinski definition) is 5. The smallest absolute Gasteiger partial charge is 0.248 e. The Morgan fingerprint density at radius 1 is 1.38 bits per heavy atom. The Bertz CT molecular complexity index is 707. The van der Waals surface area contributed by atoms with Gasteiger partial charge in [0.1, 0.15) is 5.54 Å². The number of carbonyl (C=O) groups is 2. The summed E-state index contributed by atoms with van der Waals surface area (Å²) in [5.74, 6) is 0.0421. The van der Waals surface area contributed by atoms with Crippen LogP contribution in [0, 0.1) is 0 Å². The molecule has 1 N–H and O–H groups in total. The predicted octanol–water partition coefficient (Wildman–Crippen LogP) is 1.27. The standard InChI is InChI=1S/C18H24N4O3S/c1-25-11-7-19-17(24)18(22-8-2-6-20-22)4-9-21(10-5-18)16(23)13-15-3-12-26-14-15/h2-3,6,8,12,14H,4-5,7,9-11,13H2,1H3,(H,19,24). The van der Waals surface area contributed by atoms with Crippen molar-refractivity contribution in [3.8, 4) is 0 Å². The maximum absolute atomic E-state index is 12.9. The number of piperidine rings is 1. The van der Waals surface area contributed by atoms with Crippen LogP contribution in [0.5, 0.6) is 0 Å². The number of ether oxygens (including phenoxy) is 1. The third-order valence-corrected chi connectivity index (χ3v) is 5.57. The second-order valence-electron chi connectivity index (χ2n) is 6.42. The van der Waals surface area contributed by atoms with Crippen LogP contribution < -0.4 is 5.32 Å². The van der Waals surface area contributed by atoms with Gasteiger partial charge in [-0.2, -0.15) is 16.4 Å². The van der Waals surface area contributed by atoms with Gasteiger partial charge in [-0.25, -0.2) is 0 Å². The lowest BCUT2D eigenvalue weighted by molar-refractivity contribution is -0.139. The minimum Gasteiger partial charge on any atom is -0.383 e. The number of aromatic nitrogens is 2. The molecule has 0 aliphatic carbocycles. The number of amides is 2. The van der Waals surface area contributed by atoms with Gasteiger partial charge in [0.2, 0.25) is 11.8 Å². The normalized spacial score (nSPS) is 16.4. The van der Waals surface area contributed by atoms with Gasteiger partial charge in [0.15, 0.2) is 0 Å². The van der Waals surface area contributed by atoms with E-state index >= 15 is 0 Å². The molecule has 26 heavy (non-hydrogen) atoms. The third-order valence-electron chi connectivity index (χ3n) is 4.84.